The van der Waals surface area contributed by atoms with E-state index in [0.717, 1.165) is 43.9 Å². The van der Waals surface area contributed by atoms with E-state index in [2.05, 4.69) is 20.9 Å². The van der Waals surface area contributed by atoms with E-state index in [0.29, 0.717) is 44.6 Å². The van der Waals surface area contributed by atoms with Gasteiger partial charge in [-0.1, -0.05) is 50.8 Å². The summed E-state index contributed by atoms with van der Waals surface area (Å²) in [6.07, 6.45) is 4.50. The Balaban J connectivity index is 1.59. The van der Waals surface area contributed by atoms with E-state index in [-0.39, 0.29) is 29.5 Å². The van der Waals surface area contributed by atoms with E-state index < -0.39 is 53.0 Å². The van der Waals surface area contributed by atoms with Gasteiger partial charge in [-0.2, -0.15) is 14.0 Å². The summed E-state index contributed by atoms with van der Waals surface area (Å²) in [5.74, 6) is -9.34. The quantitative estimate of drug-likeness (QED) is 0.296. The highest BCUT2D eigenvalue weighted by Crippen LogP contribution is 2.32. The van der Waals surface area contributed by atoms with Crippen molar-refractivity contribution < 1.29 is 32.3 Å². The number of nitriles is 1. The smallest absolute Gasteiger partial charge is 0.349 e. The number of likely N-dealkylation sites (N-methyl/N-ethyl adjacent to an activating group) is 1. The van der Waals surface area contributed by atoms with Gasteiger partial charge < -0.3 is 25.8 Å². The molecule has 0 unspecified atom stereocenters. The molecular weight excluding hydrogens is 637 g/mol. The molecule has 0 spiro atoms. The molecule has 0 radical (unpaired) electrons. The molecule has 1 aliphatic heterocycles. The van der Waals surface area contributed by atoms with Crippen LogP contribution in [0.15, 0.2) is 42.5 Å². The number of alkyl halides is 2. The van der Waals surface area contributed by atoms with Crippen LogP contribution in [0.25, 0.3) is 0 Å². The second kappa shape index (κ2) is 16.8. The van der Waals surface area contributed by atoms with Crippen molar-refractivity contribution in [2.45, 2.75) is 82.7 Å². The zero-order chi connectivity index (χ0) is 35.7. The molecule has 49 heavy (non-hydrogen) atoms. The van der Waals surface area contributed by atoms with Gasteiger partial charge in [0.05, 0.1) is 23.2 Å². The Labute approximate surface area is 285 Å². The van der Waals surface area contributed by atoms with Crippen molar-refractivity contribution in [2.24, 2.45) is 5.92 Å². The Bertz CT molecular complexity index is 1550. The number of hydrogen-bond acceptors (Lipinski definition) is 6. The van der Waals surface area contributed by atoms with E-state index in [1.54, 1.807) is 24.8 Å². The van der Waals surface area contributed by atoms with Crippen molar-refractivity contribution in [2.75, 3.05) is 38.5 Å². The number of nitrogens with zero attached hydrogens (tertiary/aromatic N) is 3. The number of carbonyl (C=O) groups is 4. The molecule has 264 valence electrons. The number of hydrogen-bond donors (Lipinski definition) is 3. The van der Waals surface area contributed by atoms with Gasteiger partial charge in [0.15, 0.2) is 0 Å². The lowest BCUT2D eigenvalue weighted by Crippen LogP contribution is -2.52. The molecule has 3 atom stereocenters. The second-order valence-electron chi connectivity index (χ2n) is 13.0. The van der Waals surface area contributed by atoms with E-state index in [4.69, 9.17) is 5.26 Å². The van der Waals surface area contributed by atoms with Gasteiger partial charge in [-0.25, -0.2) is 4.39 Å². The predicted molar refractivity (Wildman–Crippen MR) is 178 cm³/mol. The average Bonchev–Trinajstić information content (AvgIpc) is 3.38. The predicted octanol–water partition coefficient (Wildman–Crippen LogP) is 4.66. The molecule has 4 rings (SSSR count). The van der Waals surface area contributed by atoms with Crippen molar-refractivity contribution in [3.63, 3.8) is 0 Å². The van der Waals surface area contributed by atoms with Gasteiger partial charge in [0, 0.05) is 44.2 Å². The maximum atomic E-state index is 15.8. The molecule has 4 amide bonds. The van der Waals surface area contributed by atoms with Gasteiger partial charge in [0.2, 0.25) is 17.7 Å². The fraction of sp³-hybridized carbons (Fsp3) is 0.528. The summed E-state index contributed by atoms with van der Waals surface area (Å²) < 4.78 is 46.5. The number of amides is 4. The van der Waals surface area contributed by atoms with Crippen LogP contribution in [-0.2, 0) is 25.1 Å². The average molecular weight is 683 g/mol. The van der Waals surface area contributed by atoms with Gasteiger partial charge >= 0.3 is 5.92 Å². The van der Waals surface area contributed by atoms with Crippen molar-refractivity contribution in [1.82, 2.24) is 20.4 Å². The lowest BCUT2D eigenvalue weighted by atomic mass is 9.89. The van der Waals surface area contributed by atoms with Crippen molar-refractivity contribution in [3.05, 3.63) is 65.0 Å². The van der Waals surface area contributed by atoms with Crippen LogP contribution in [0, 0.1) is 23.1 Å². The highest BCUT2D eigenvalue weighted by Gasteiger charge is 2.44. The monoisotopic (exact) mass is 682 g/mol. The fourth-order valence-electron chi connectivity index (χ4n) is 6.53. The van der Waals surface area contributed by atoms with E-state index >= 15 is 13.2 Å². The first-order valence-corrected chi connectivity index (χ1v) is 16.9. The Morgan fingerprint density at radius 2 is 1.65 bits per heavy atom. The first-order chi connectivity index (χ1) is 23.3. The van der Waals surface area contributed by atoms with Crippen LogP contribution in [0.3, 0.4) is 0 Å². The number of piperazine rings is 1. The Kier molecular flexibility index (Phi) is 12.8. The topological polar surface area (TPSA) is 135 Å². The number of nitrogens with one attached hydrogen (secondary N) is 3. The van der Waals surface area contributed by atoms with E-state index in [1.807, 2.05) is 7.05 Å². The summed E-state index contributed by atoms with van der Waals surface area (Å²) in [7, 11) is 1.96. The van der Waals surface area contributed by atoms with Crippen molar-refractivity contribution in [3.8, 4) is 6.07 Å². The number of carbonyl (C=O) groups excluding carboxylic acids is 4. The fourth-order valence-corrected chi connectivity index (χ4v) is 6.53. The molecule has 2 fully saturated rings. The largest absolute Gasteiger partial charge is 0.353 e. The van der Waals surface area contributed by atoms with Crippen LogP contribution < -0.4 is 16.0 Å². The number of rotatable bonds is 11. The van der Waals surface area contributed by atoms with E-state index in [1.165, 1.54) is 24.3 Å². The van der Waals surface area contributed by atoms with Crippen LogP contribution >= 0.6 is 0 Å². The summed E-state index contributed by atoms with van der Waals surface area (Å²) in [4.78, 5) is 56.6. The van der Waals surface area contributed by atoms with E-state index in [9.17, 15) is 19.2 Å². The molecule has 1 saturated carbocycles. The van der Waals surface area contributed by atoms with Crippen LogP contribution in [0.2, 0.25) is 0 Å². The molecule has 13 heteroatoms. The first kappa shape index (κ1) is 37.4. The van der Waals surface area contributed by atoms with Gasteiger partial charge in [-0.15, -0.1) is 0 Å². The summed E-state index contributed by atoms with van der Waals surface area (Å²) >= 11 is 0. The van der Waals surface area contributed by atoms with Crippen molar-refractivity contribution in [1.29, 1.82) is 5.26 Å². The molecule has 0 aromatic heterocycles. The third-order valence-corrected chi connectivity index (χ3v) is 9.48. The minimum atomic E-state index is -4.04. The maximum absolute atomic E-state index is 15.8. The summed E-state index contributed by atoms with van der Waals surface area (Å²) in [6, 6.07) is 8.22. The lowest BCUT2D eigenvalue weighted by molar-refractivity contribution is -0.149. The molecule has 2 aromatic carbocycles. The van der Waals surface area contributed by atoms with Gasteiger partial charge in [0.1, 0.15) is 11.9 Å². The first-order valence-electron chi connectivity index (χ1n) is 16.9. The Morgan fingerprint density at radius 1 is 0.980 bits per heavy atom. The molecule has 1 aliphatic carbocycles. The van der Waals surface area contributed by atoms with Crippen molar-refractivity contribution >= 4 is 29.3 Å². The zero-order valence-electron chi connectivity index (χ0n) is 28.2. The summed E-state index contributed by atoms with van der Waals surface area (Å²) in [5.41, 5.74) is -0.672. The number of anilines is 1. The van der Waals surface area contributed by atoms with Gasteiger partial charge in [-0.05, 0) is 62.6 Å². The minimum Gasteiger partial charge on any atom is -0.353 e. The SMILES string of the molecule is CCC(=O)N[C@H](C)[C@@H](C(=O)N1CCN(C)CC1)c1ccc(NC(=O)[C@@H](NC(=O)C(F)(F)c2cccc(C#N)c2)C2CCCCCC2)c(F)c1. The number of benzene rings is 2. The van der Waals surface area contributed by atoms with Crippen LogP contribution in [0.4, 0.5) is 18.9 Å². The Morgan fingerprint density at radius 3 is 2.27 bits per heavy atom. The molecular formula is C36H45F3N6O4. The molecule has 2 aromatic rings. The molecule has 1 saturated heterocycles. The molecule has 10 nitrogen and oxygen atoms in total. The molecule has 3 N–H and O–H groups in total. The summed E-state index contributed by atoms with van der Waals surface area (Å²) in [5, 5.41) is 16.7. The Hall–Kier alpha value is -4.44. The van der Waals surface area contributed by atoms with Crippen LogP contribution in [0.5, 0.6) is 0 Å². The van der Waals surface area contributed by atoms with Crippen LogP contribution in [-0.4, -0.2) is 78.7 Å². The number of halogens is 3. The maximum Gasteiger partial charge on any atom is 0.349 e. The van der Waals surface area contributed by atoms with Crippen LogP contribution in [0.1, 0.15) is 81.4 Å². The second-order valence-corrected chi connectivity index (χ2v) is 13.0. The standard InChI is InChI=1S/C36H45F3N6O4/c1-4-30(46)41-23(2)31(34(48)45-18-16-44(3)17-19-45)26-14-15-29(28(37)21-26)42-33(47)32(25-11-7-5-6-8-12-25)43-35(49)36(38,39)27-13-9-10-24(20-27)22-40/h9-10,13-15,20-21,23,25,31-32H,4-8,11-12,16-19H2,1-3H3,(H,41,46)(H,42,47)(H,43,49)/t23-,31-,32+/m1/s1. The third-order valence-electron chi connectivity index (χ3n) is 9.48. The molecule has 0 bridgehead atoms. The zero-order valence-corrected chi connectivity index (χ0v) is 28.2. The van der Waals surface area contributed by atoms with Gasteiger partial charge in [-0.3, -0.25) is 19.2 Å². The molecule has 2 aliphatic rings. The summed E-state index contributed by atoms with van der Waals surface area (Å²) in [6.45, 7) is 5.68. The minimum absolute atomic E-state index is 0.0448. The lowest BCUT2D eigenvalue weighted by Gasteiger charge is -2.36. The normalized spacial score (nSPS) is 17.9. The third kappa shape index (κ3) is 9.38. The highest BCUT2D eigenvalue weighted by atomic mass is 19.3. The molecule has 1 heterocycles. The highest BCUT2D eigenvalue weighted by molar-refractivity contribution is 5.98. The van der Waals surface area contributed by atoms with Gasteiger partial charge in [0.25, 0.3) is 5.91 Å².